The molecular weight excluding hydrogens is 717 g/mol. The number of para-hydroxylation sites is 3. The summed E-state index contributed by atoms with van der Waals surface area (Å²) in [6.07, 6.45) is 6.60. The van der Waals surface area contributed by atoms with Gasteiger partial charge >= 0.3 is 0 Å². The van der Waals surface area contributed by atoms with Crippen LogP contribution in [-0.4, -0.2) is 10.4 Å². The number of aliphatic imine (C=N–C) groups is 1. The highest BCUT2D eigenvalue weighted by atomic mass is 32.2. The molecule has 0 amide bonds. The van der Waals surface area contributed by atoms with Gasteiger partial charge in [-0.15, -0.1) is 0 Å². The summed E-state index contributed by atoms with van der Waals surface area (Å²) in [5.41, 5.74) is 11.2. The number of benzene rings is 7. The van der Waals surface area contributed by atoms with Crippen molar-refractivity contribution < 1.29 is 4.42 Å². The largest absolute Gasteiger partial charge is 0.454 e. The van der Waals surface area contributed by atoms with Crippen molar-refractivity contribution in [3.8, 4) is 16.8 Å². The van der Waals surface area contributed by atoms with Crippen LogP contribution in [0.25, 0.3) is 60.6 Å². The van der Waals surface area contributed by atoms with E-state index in [1.165, 1.54) is 53.9 Å². The van der Waals surface area contributed by atoms with E-state index in [0.717, 1.165) is 39.0 Å². The molecule has 2 N–H and O–H groups in total. The summed E-state index contributed by atoms with van der Waals surface area (Å²) in [5, 5.41) is 12.3. The third-order valence-corrected chi connectivity index (χ3v) is 13.2. The summed E-state index contributed by atoms with van der Waals surface area (Å²) >= 11 is 1.90. The zero-order chi connectivity index (χ0) is 37.5. The Morgan fingerprint density at radius 1 is 0.614 bits per heavy atom. The van der Waals surface area contributed by atoms with Crippen LogP contribution in [0.5, 0.6) is 0 Å². The van der Waals surface area contributed by atoms with Crippen molar-refractivity contribution in [2.75, 3.05) is 0 Å². The second kappa shape index (κ2) is 13.0. The summed E-state index contributed by atoms with van der Waals surface area (Å²) in [7, 11) is 0. The molecule has 4 heterocycles. The van der Waals surface area contributed by atoms with Crippen LogP contribution in [0.1, 0.15) is 34.9 Å². The Morgan fingerprint density at radius 2 is 1.28 bits per heavy atom. The van der Waals surface area contributed by atoms with Crippen molar-refractivity contribution in [1.82, 2.24) is 15.2 Å². The fourth-order valence-corrected chi connectivity index (χ4v) is 10.8. The monoisotopic (exact) mass is 752 g/mol. The summed E-state index contributed by atoms with van der Waals surface area (Å²) in [4.78, 5) is 8.04. The lowest BCUT2D eigenvalue weighted by Gasteiger charge is -2.36. The Kier molecular flexibility index (Phi) is 7.43. The van der Waals surface area contributed by atoms with E-state index in [0.29, 0.717) is 0 Å². The highest BCUT2D eigenvalue weighted by molar-refractivity contribution is 8.03. The number of nitrogens with zero attached hydrogens (tertiary/aromatic N) is 2. The molecule has 0 saturated carbocycles. The lowest BCUT2D eigenvalue weighted by Crippen LogP contribution is -2.48. The molecule has 0 spiro atoms. The number of furan rings is 1. The maximum atomic E-state index is 6.89. The Bertz CT molecular complexity index is 3090. The molecule has 4 unspecified atom stereocenters. The molecule has 0 bridgehead atoms. The number of fused-ring (bicyclic) bond motifs is 9. The van der Waals surface area contributed by atoms with E-state index >= 15 is 0 Å². The van der Waals surface area contributed by atoms with Crippen molar-refractivity contribution in [3.63, 3.8) is 0 Å². The maximum absolute atomic E-state index is 6.89. The van der Waals surface area contributed by atoms with Crippen LogP contribution in [-0.2, 0) is 0 Å². The van der Waals surface area contributed by atoms with Crippen molar-refractivity contribution in [2.24, 2.45) is 10.9 Å². The molecule has 0 fully saturated rings. The molecule has 12 rings (SSSR count). The van der Waals surface area contributed by atoms with E-state index in [9.17, 15) is 0 Å². The smallest absolute Gasteiger partial charge is 0.159 e. The predicted octanol–water partition coefficient (Wildman–Crippen LogP) is 12.6. The molecule has 4 atom stereocenters. The number of aromatic nitrogens is 1. The van der Waals surface area contributed by atoms with Crippen LogP contribution < -0.4 is 10.6 Å². The summed E-state index contributed by atoms with van der Waals surface area (Å²) in [5.74, 6) is 1.20. The Balaban J connectivity index is 0.986. The van der Waals surface area contributed by atoms with Gasteiger partial charge in [0.05, 0.1) is 16.7 Å². The molecule has 2 aromatic heterocycles. The minimum Gasteiger partial charge on any atom is -0.454 e. The maximum Gasteiger partial charge on any atom is 0.159 e. The van der Waals surface area contributed by atoms with E-state index in [2.05, 4.69) is 197 Å². The first-order valence-corrected chi connectivity index (χ1v) is 20.4. The van der Waals surface area contributed by atoms with Gasteiger partial charge in [0.15, 0.2) is 5.58 Å². The number of amidine groups is 1. The van der Waals surface area contributed by atoms with E-state index in [-0.39, 0.29) is 24.2 Å². The molecule has 0 radical (unpaired) electrons. The lowest BCUT2D eigenvalue weighted by molar-refractivity contribution is 0.397. The van der Waals surface area contributed by atoms with Crippen LogP contribution in [0.2, 0.25) is 0 Å². The van der Waals surface area contributed by atoms with Gasteiger partial charge in [-0.05, 0) is 57.0 Å². The normalized spacial score (nSPS) is 20.1. The van der Waals surface area contributed by atoms with Crippen molar-refractivity contribution in [2.45, 2.75) is 23.1 Å². The average molecular weight is 753 g/mol. The van der Waals surface area contributed by atoms with Gasteiger partial charge in [0.2, 0.25) is 0 Å². The number of nitrogens with one attached hydrogen (secondary N) is 2. The fraction of sp³-hybridized carbons (Fsp3) is 0.0784. The quantitative estimate of drug-likeness (QED) is 0.184. The van der Waals surface area contributed by atoms with Gasteiger partial charge in [-0.3, -0.25) is 5.32 Å². The molecule has 6 heteroatoms. The number of thioether (sulfide) groups is 1. The third-order valence-electron chi connectivity index (χ3n) is 11.9. The summed E-state index contributed by atoms with van der Waals surface area (Å²) < 4.78 is 9.25. The van der Waals surface area contributed by atoms with E-state index in [1.807, 2.05) is 11.8 Å². The summed E-state index contributed by atoms with van der Waals surface area (Å²) in [6, 6.07) is 58.4. The zero-order valence-corrected chi connectivity index (χ0v) is 31.7. The lowest BCUT2D eigenvalue weighted by atomic mass is 9.80. The SMILES string of the molecule is C1=CC(C2=NC(c3ccccc3)NC(c3ccccc3)N2)C2C(=C1)Sc1c(-c3cccc4oc5c(-n6c7ccccc7c7ccccc76)cccc5c34)cccc12. The molecule has 3 aliphatic rings. The number of hydrogen-bond acceptors (Lipinski definition) is 5. The molecule has 57 heavy (non-hydrogen) atoms. The standard InChI is InChI=1S/C51H36N4OS/c1-3-15-31(16-4-1)49-52-50(32-17-5-2-6-18-32)54-51(53-49)39-25-14-30-44-46(39)38-24-11-22-36(48(38)57-44)35-21-13-29-43-45(35)37-23-12-28-42(47(37)56-43)55-40-26-9-7-19-33(40)34-20-8-10-27-41(34)55/h1-30,39,46,49-50,52H,(H,53,54). The third kappa shape index (κ3) is 5.11. The Morgan fingerprint density at radius 3 is 2.07 bits per heavy atom. The zero-order valence-electron chi connectivity index (χ0n) is 30.8. The Labute approximate surface area is 334 Å². The van der Waals surface area contributed by atoms with Gasteiger partial charge < -0.3 is 14.3 Å². The van der Waals surface area contributed by atoms with Crippen molar-refractivity contribution in [3.05, 3.63) is 204 Å². The van der Waals surface area contributed by atoms with Gasteiger partial charge in [0.25, 0.3) is 0 Å². The molecule has 1 aliphatic carbocycles. The van der Waals surface area contributed by atoms with Crippen molar-refractivity contribution in [1.29, 1.82) is 0 Å². The molecule has 9 aromatic rings. The molecular formula is C51H36N4OS. The predicted molar refractivity (Wildman–Crippen MR) is 235 cm³/mol. The minimum atomic E-state index is -0.172. The first kappa shape index (κ1) is 32.6. The molecule has 7 aromatic carbocycles. The first-order chi connectivity index (χ1) is 28.3. The minimum absolute atomic E-state index is 0.0489. The van der Waals surface area contributed by atoms with Crippen LogP contribution in [0.4, 0.5) is 0 Å². The van der Waals surface area contributed by atoms with Gasteiger partial charge in [-0.1, -0.05) is 170 Å². The van der Waals surface area contributed by atoms with E-state index < -0.39 is 0 Å². The number of allylic oxidation sites excluding steroid dienone is 3. The van der Waals surface area contributed by atoms with Crippen molar-refractivity contribution >= 4 is 61.3 Å². The highest BCUT2D eigenvalue weighted by Crippen LogP contribution is 2.57. The first-order valence-electron chi connectivity index (χ1n) is 19.6. The average Bonchev–Trinajstić information content (AvgIpc) is 3.97. The number of rotatable bonds is 5. The Hall–Kier alpha value is -6.60. The van der Waals surface area contributed by atoms with Crippen LogP contribution >= 0.6 is 11.8 Å². The van der Waals surface area contributed by atoms with Gasteiger partial charge in [0.1, 0.15) is 23.8 Å². The highest BCUT2D eigenvalue weighted by Gasteiger charge is 2.40. The van der Waals surface area contributed by atoms with Gasteiger partial charge in [0, 0.05) is 38.3 Å². The van der Waals surface area contributed by atoms with Gasteiger partial charge in [-0.2, -0.15) is 0 Å². The van der Waals surface area contributed by atoms with Crippen LogP contribution in [0.3, 0.4) is 0 Å². The second-order valence-electron chi connectivity index (χ2n) is 15.1. The van der Waals surface area contributed by atoms with E-state index in [1.54, 1.807) is 0 Å². The fourth-order valence-electron chi connectivity index (χ4n) is 9.39. The topological polar surface area (TPSA) is 54.5 Å². The molecule has 2 aliphatic heterocycles. The van der Waals surface area contributed by atoms with Crippen LogP contribution in [0, 0.1) is 5.92 Å². The second-order valence-corrected chi connectivity index (χ2v) is 16.2. The van der Waals surface area contributed by atoms with Gasteiger partial charge in [-0.25, -0.2) is 4.99 Å². The molecule has 5 nitrogen and oxygen atoms in total. The number of hydrogen-bond donors (Lipinski definition) is 2. The molecule has 0 saturated heterocycles. The molecule has 272 valence electrons. The van der Waals surface area contributed by atoms with Crippen LogP contribution in [0.15, 0.2) is 201 Å². The summed E-state index contributed by atoms with van der Waals surface area (Å²) in [6.45, 7) is 0. The van der Waals surface area contributed by atoms with E-state index in [4.69, 9.17) is 9.41 Å².